The Morgan fingerprint density at radius 3 is 2.60 bits per heavy atom. The number of carbonyl (C=O) groups excluding carboxylic acids is 1. The maximum absolute atomic E-state index is 12.1. The van der Waals surface area contributed by atoms with E-state index in [0.717, 1.165) is 5.56 Å². The fourth-order valence-corrected chi connectivity index (χ4v) is 2.82. The van der Waals surface area contributed by atoms with Gasteiger partial charge in [0.25, 0.3) is 0 Å². The molecule has 1 amide bonds. The van der Waals surface area contributed by atoms with Gasteiger partial charge in [0, 0.05) is 6.54 Å². The van der Waals surface area contributed by atoms with Gasteiger partial charge in [-0.3, -0.25) is 9.69 Å². The Balaban J connectivity index is 1.86. The number of hydrogen-bond acceptors (Lipinski definition) is 5. The van der Waals surface area contributed by atoms with Crippen molar-refractivity contribution in [3.63, 3.8) is 0 Å². The molecule has 5 nitrogen and oxygen atoms in total. The summed E-state index contributed by atoms with van der Waals surface area (Å²) in [4.78, 5) is 13.7. The van der Waals surface area contributed by atoms with Gasteiger partial charge in [0.05, 0.1) is 12.1 Å². The topological polar surface area (TPSA) is 65.4 Å². The van der Waals surface area contributed by atoms with Gasteiger partial charge in [-0.25, -0.2) is 0 Å². The number of ether oxygens (including phenoxy) is 1. The van der Waals surface area contributed by atoms with Gasteiger partial charge in [0.2, 0.25) is 5.91 Å². The predicted molar refractivity (Wildman–Crippen MR) is 87.1 cm³/mol. The summed E-state index contributed by atoms with van der Waals surface area (Å²) < 4.78 is 40.1. The Bertz CT molecular complexity index is 766. The molecule has 0 atom stereocenters. The second-order valence-electron chi connectivity index (χ2n) is 5.19. The Hall–Kier alpha value is -2.57. The van der Waals surface area contributed by atoms with Crippen LogP contribution in [0.3, 0.4) is 0 Å². The van der Waals surface area contributed by atoms with Crippen LogP contribution >= 0.6 is 11.3 Å². The van der Waals surface area contributed by atoms with E-state index in [9.17, 15) is 18.0 Å². The van der Waals surface area contributed by atoms with Gasteiger partial charge < -0.3 is 10.1 Å². The minimum Gasteiger partial charge on any atom is -0.406 e. The fraction of sp³-hybridized carbons (Fsp3) is 0.250. The number of amides is 1. The Morgan fingerprint density at radius 1 is 1.32 bits per heavy atom. The smallest absolute Gasteiger partial charge is 0.406 e. The molecule has 0 aliphatic carbocycles. The van der Waals surface area contributed by atoms with E-state index in [0.29, 0.717) is 17.1 Å². The van der Waals surface area contributed by atoms with Gasteiger partial charge in [-0.05, 0) is 36.2 Å². The summed E-state index contributed by atoms with van der Waals surface area (Å²) >= 11 is 1.26. The highest BCUT2D eigenvalue weighted by Crippen LogP contribution is 2.23. The molecule has 0 spiro atoms. The van der Waals surface area contributed by atoms with Crippen LogP contribution in [-0.4, -0.2) is 30.8 Å². The SMILES string of the molecule is CN(CC(=O)Nc1sccc1C#N)Cc1ccc(OC(F)(F)F)cc1. The number of benzene rings is 1. The van der Waals surface area contributed by atoms with Gasteiger partial charge in [-0.15, -0.1) is 24.5 Å². The lowest BCUT2D eigenvalue weighted by Crippen LogP contribution is -2.29. The second-order valence-corrected chi connectivity index (χ2v) is 6.10. The number of likely N-dealkylation sites (N-methyl/N-ethyl adjacent to an activating group) is 1. The van der Waals surface area contributed by atoms with Crippen molar-refractivity contribution < 1.29 is 22.7 Å². The van der Waals surface area contributed by atoms with Gasteiger partial charge in [0.1, 0.15) is 16.8 Å². The van der Waals surface area contributed by atoms with Gasteiger partial charge in [-0.1, -0.05) is 12.1 Å². The maximum atomic E-state index is 12.1. The zero-order chi connectivity index (χ0) is 18.4. The highest BCUT2D eigenvalue weighted by Gasteiger charge is 2.30. The number of carbonyl (C=O) groups is 1. The lowest BCUT2D eigenvalue weighted by Gasteiger charge is -2.16. The molecule has 132 valence electrons. The third kappa shape index (κ3) is 6.10. The van der Waals surface area contributed by atoms with Crippen LogP contribution in [0.25, 0.3) is 0 Å². The number of rotatable bonds is 6. The van der Waals surface area contributed by atoms with Crippen LogP contribution in [0.15, 0.2) is 35.7 Å². The highest BCUT2D eigenvalue weighted by molar-refractivity contribution is 7.14. The number of thiophene rings is 1. The van der Waals surface area contributed by atoms with Crippen LogP contribution < -0.4 is 10.1 Å². The minimum atomic E-state index is -4.72. The molecule has 0 aliphatic heterocycles. The molecule has 0 unspecified atom stereocenters. The quantitative estimate of drug-likeness (QED) is 0.845. The molecule has 0 fully saturated rings. The van der Waals surface area contributed by atoms with Crippen molar-refractivity contribution >= 4 is 22.2 Å². The van der Waals surface area contributed by atoms with Crippen molar-refractivity contribution in [1.82, 2.24) is 4.90 Å². The van der Waals surface area contributed by atoms with Crippen molar-refractivity contribution in [2.45, 2.75) is 12.9 Å². The number of nitrogens with one attached hydrogen (secondary N) is 1. The van der Waals surface area contributed by atoms with Crippen molar-refractivity contribution in [1.29, 1.82) is 5.26 Å². The molecule has 0 bridgehead atoms. The molecule has 0 saturated heterocycles. The fourth-order valence-electron chi connectivity index (χ4n) is 2.07. The van der Waals surface area contributed by atoms with E-state index in [1.54, 1.807) is 23.4 Å². The molecule has 2 aromatic rings. The predicted octanol–water partition coefficient (Wildman–Crippen LogP) is 3.59. The van der Waals surface area contributed by atoms with E-state index in [-0.39, 0.29) is 18.2 Å². The zero-order valence-electron chi connectivity index (χ0n) is 13.1. The molecule has 1 N–H and O–H groups in total. The molecular formula is C16H14F3N3O2S. The van der Waals surface area contributed by atoms with Crippen LogP contribution in [0.2, 0.25) is 0 Å². The largest absolute Gasteiger partial charge is 0.573 e. The molecule has 25 heavy (non-hydrogen) atoms. The van der Waals surface area contributed by atoms with Gasteiger partial charge in [-0.2, -0.15) is 5.26 Å². The molecule has 1 heterocycles. The first-order valence-corrected chi connectivity index (χ1v) is 7.95. The van der Waals surface area contributed by atoms with Gasteiger partial charge >= 0.3 is 6.36 Å². The summed E-state index contributed by atoms with van der Waals surface area (Å²) in [5.74, 6) is -0.572. The summed E-state index contributed by atoms with van der Waals surface area (Å²) in [6.07, 6.45) is -4.72. The number of alkyl halides is 3. The van der Waals surface area contributed by atoms with E-state index >= 15 is 0 Å². The van der Waals surface area contributed by atoms with Crippen LogP contribution in [0, 0.1) is 11.3 Å². The number of nitrogens with zero attached hydrogens (tertiary/aromatic N) is 2. The highest BCUT2D eigenvalue weighted by atomic mass is 32.1. The van der Waals surface area contributed by atoms with Crippen LogP contribution in [0.1, 0.15) is 11.1 Å². The van der Waals surface area contributed by atoms with Crippen molar-refractivity contribution in [2.75, 3.05) is 18.9 Å². The van der Waals surface area contributed by atoms with Crippen molar-refractivity contribution in [3.8, 4) is 11.8 Å². The molecule has 2 rings (SSSR count). The lowest BCUT2D eigenvalue weighted by molar-refractivity contribution is -0.274. The summed E-state index contributed by atoms with van der Waals surface area (Å²) in [5, 5.41) is 13.8. The molecule has 1 aromatic carbocycles. The first-order valence-electron chi connectivity index (χ1n) is 7.07. The minimum absolute atomic E-state index is 0.0730. The normalized spacial score (nSPS) is 11.2. The molecule has 9 heteroatoms. The van der Waals surface area contributed by atoms with Gasteiger partial charge in [0.15, 0.2) is 0 Å². The lowest BCUT2D eigenvalue weighted by atomic mass is 10.2. The number of hydrogen-bond donors (Lipinski definition) is 1. The molecule has 0 saturated carbocycles. The average molecular weight is 369 g/mol. The van der Waals surface area contributed by atoms with E-state index in [2.05, 4.69) is 10.1 Å². The van der Waals surface area contributed by atoms with E-state index in [4.69, 9.17) is 5.26 Å². The average Bonchev–Trinajstić information content (AvgIpc) is 2.94. The third-order valence-corrected chi connectivity index (χ3v) is 3.89. The number of halogens is 3. The summed E-state index contributed by atoms with van der Waals surface area (Å²) in [6, 6.07) is 9.06. The van der Waals surface area contributed by atoms with Crippen LogP contribution in [-0.2, 0) is 11.3 Å². The maximum Gasteiger partial charge on any atom is 0.573 e. The Labute approximate surface area is 146 Å². The third-order valence-electron chi connectivity index (χ3n) is 3.06. The summed E-state index contributed by atoms with van der Waals surface area (Å²) in [7, 11) is 1.71. The monoisotopic (exact) mass is 369 g/mol. The van der Waals surface area contributed by atoms with Crippen LogP contribution in [0.5, 0.6) is 5.75 Å². The number of nitriles is 1. The zero-order valence-corrected chi connectivity index (χ0v) is 13.9. The van der Waals surface area contributed by atoms with E-state index in [1.807, 2.05) is 6.07 Å². The molecule has 1 aromatic heterocycles. The van der Waals surface area contributed by atoms with Crippen molar-refractivity contribution in [2.24, 2.45) is 0 Å². The second kappa shape index (κ2) is 8.00. The standard InChI is InChI=1S/C16H14F3N3O2S/c1-22(10-14(23)21-15-12(8-20)6-7-25-15)9-11-2-4-13(5-3-11)24-16(17,18)19/h2-7H,9-10H2,1H3,(H,21,23). The van der Waals surface area contributed by atoms with E-state index in [1.165, 1.54) is 35.6 Å². The summed E-state index contributed by atoms with van der Waals surface area (Å²) in [5.41, 5.74) is 1.14. The Morgan fingerprint density at radius 2 is 2.00 bits per heavy atom. The molecule has 0 aliphatic rings. The van der Waals surface area contributed by atoms with E-state index < -0.39 is 6.36 Å². The first-order chi connectivity index (χ1) is 11.8. The number of anilines is 1. The molecule has 0 radical (unpaired) electrons. The summed E-state index contributed by atoms with van der Waals surface area (Å²) in [6.45, 7) is 0.443. The van der Waals surface area contributed by atoms with Crippen molar-refractivity contribution in [3.05, 3.63) is 46.8 Å². The molecular weight excluding hydrogens is 355 g/mol. The Kier molecular flexibility index (Phi) is 6.01. The van der Waals surface area contributed by atoms with Crippen LogP contribution in [0.4, 0.5) is 18.2 Å². The first kappa shape index (κ1) is 18.8.